The molecule has 0 fully saturated rings. The van der Waals surface area contributed by atoms with Gasteiger partial charge in [-0.1, -0.05) is 0 Å². The minimum Gasteiger partial charge on any atom is -0.480 e. The van der Waals surface area contributed by atoms with E-state index >= 15 is 0 Å². The summed E-state index contributed by atoms with van der Waals surface area (Å²) in [7, 11) is 1.36. The molecule has 0 aliphatic rings. The first kappa shape index (κ1) is 9.38. The molecule has 0 saturated carbocycles. The highest BCUT2D eigenvalue weighted by Crippen LogP contribution is 2.15. The lowest BCUT2D eigenvalue weighted by Crippen LogP contribution is -2.06. The van der Waals surface area contributed by atoms with Crippen LogP contribution in [0.2, 0.25) is 0 Å². The van der Waals surface area contributed by atoms with Gasteiger partial charge in [0, 0.05) is 0 Å². The SMILES string of the molecule is COc1nc2nc(C)nn2cc1C(=O)O. The number of aromatic carboxylic acids is 1. The summed E-state index contributed by atoms with van der Waals surface area (Å²) in [5.41, 5.74) is -0.0464. The molecule has 0 atom stereocenters. The Bertz CT molecular complexity index is 534. The summed E-state index contributed by atoms with van der Waals surface area (Å²) in [5.74, 6) is -0.252. The van der Waals surface area contributed by atoms with E-state index in [9.17, 15) is 4.79 Å². The van der Waals surface area contributed by atoms with Crippen molar-refractivity contribution in [2.75, 3.05) is 7.11 Å². The number of ether oxygens (including phenoxy) is 1. The fraction of sp³-hybridized carbons (Fsp3) is 0.250. The number of carbonyl (C=O) groups is 1. The summed E-state index contributed by atoms with van der Waals surface area (Å²) in [6.45, 7) is 1.70. The normalized spacial score (nSPS) is 10.5. The van der Waals surface area contributed by atoms with Crippen LogP contribution in [0.3, 0.4) is 0 Å². The van der Waals surface area contributed by atoms with Crippen molar-refractivity contribution in [3.63, 3.8) is 0 Å². The van der Waals surface area contributed by atoms with Crippen molar-refractivity contribution in [2.45, 2.75) is 6.92 Å². The Labute approximate surface area is 84.3 Å². The summed E-state index contributed by atoms with van der Waals surface area (Å²) < 4.78 is 6.16. The van der Waals surface area contributed by atoms with Crippen LogP contribution in [0.25, 0.3) is 5.78 Å². The Morgan fingerprint density at radius 2 is 2.27 bits per heavy atom. The second-order valence-corrected chi connectivity index (χ2v) is 2.87. The topological polar surface area (TPSA) is 89.6 Å². The smallest absolute Gasteiger partial charge is 0.342 e. The molecule has 1 N–H and O–H groups in total. The van der Waals surface area contributed by atoms with E-state index in [2.05, 4.69) is 15.1 Å². The predicted octanol–water partition coefficient (Wildman–Crippen LogP) is 0.140. The molecule has 2 aromatic heterocycles. The van der Waals surface area contributed by atoms with Crippen molar-refractivity contribution >= 4 is 11.7 Å². The van der Waals surface area contributed by atoms with Crippen LogP contribution in [0.4, 0.5) is 0 Å². The first-order chi connectivity index (χ1) is 7.11. The van der Waals surface area contributed by atoms with Crippen molar-refractivity contribution in [2.24, 2.45) is 0 Å². The van der Waals surface area contributed by atoms with Gasteiger partial charge in [0.2, 0.25) is 5.88 Å². The highest BCUT2D eigenvalue weighted by atomic mass is 16.5. The lowest BCUT2D eigenvalue weighted by Gasteiger charge is -2.02. The quantitative estimate of drug-likeness (QED) is 0.754. The van der Waals surface area contributed by atoms with Gasteiger partial charge in [-0.25, -0.2) is 9.31 Å². The van der Waals surface area contributed by atoms with Gasteiger partial charge in [0.15, 0.2) is 0 Å². The molecule has 7 heteroatoms. The van der Waals surface area contributed by atoms with E-state index in [-0.39, 0.29) is 11.4 Å². The highest BCUT2D eigenvalue weighted by molar-refractivity contribution is 5.90. The molecule has 0 aromatic carbocycles. The molecule has 7 nitrogen and oxygen atoms in total. The van der Waals surface area contributed by atoms with E-state index in [1.165, 1.54) is 17.8 Å². The molecule has 2 rings (SSSR count). The number of aryl methyl sites for hydroxylation is 1. The van der Waals surface area contributed by atoms with E-state index < -0.39 is 5.97 Å². The average molecular weight is 208 g/mol. The number of aromatic nitrogens is 4. The molecule has 2 aromatic rings. The lowest BCUT2D eigenvalue weighted by molar-refractivity contribution is 0.0691. The number of carboxylic acid groups (broad SMARTS) is 1. The van der Waals surface area contributed by atoms with Gasteiger partial charge in [-0.05, 0) is 6.92 Å². The summed E-state index contributed by atoms with van der Waals surface area (Å²) in [4.78, 5) is 18.8. The second kappa shape index (κ2) is 3.19. The fourth-order valence-electron chi connectivity index (χ4n) is 1.21. The third kappa shape index (κ3) is 1.47. The van der Waals surface area contributed by atoms with Gasteiger partial charge in [-0.2, -0.15) is 15.1 Å². The van der Waals surface area contributed by atoms with Crippen LogP contribution < -0.4 is 4.74 Å². The maximum atomic E-state index is 10.8. The van der Waals surface area contributed by atoms with Gasteiger partial charge >= 0.3 is 5.97 Å². The third-order valence-electron chi connectivity index (χ3n) is 1.83. The molecule has 0 aliphatic heterocycles. The number of carboxylic acids is 1. The van der Waals surface area contributed by atoms with Gasteiger partial charge < -0.3 is 9.84 Å². The van der Waals surface area contributed by atoms with Crippen molar-refractivity contribution < 1.29 is 14.6 Å². The molecule has 2 heterocycles. The zero-order valence-corrected chi connectivity index (χ0v) is 8.13. The first-order valence-corrected chi connectivity index (χ1v) is 4.13. The molecule has 0 amide bonds. The Balaban J connectivity index is 2.73. The molecular formula is C8H8N4O3. The van der Waals surface area contributed by atoms with Crippen molar-refractivity contribution in [1.29, 1.82) is 0 Å². The summed E-state index contributed by atoms with van der Waals surface area (Å²) in [6.07, 6.45) is 1.32. The molecule has 15 heavy (non-hydrogen) atoms. The molecule has 0 saturated heterocycles. The standard InChI is InChI=1S/C8H8N4O3/c1-4-9-8-10-6(15-2)5(7(13)14)3-12(8)11-4/h3H,1-2H3,(H,13,14). The molecule has 0 unspecified atom stereocenters. The Morgan fingerprint density at radius 3 is 2.87 bits per heavy atom. The number of rotatable bonds is 2. The van der Waals surface area contributed by atoms with E-state index in [0.717, 1.165) is 0 Å². The van der Waals surface area contributed by atoms with Crippen molar-refractivity contribution in [3.05, 3.63) is 17.6 Å². The third-order valence-corrected chi connectivity index (χ3v) is 1.83. The van der Waals surface area contributed by atoms with Crippen molar-refractivity contribution in [3.8, 4) is 5.88 Å². The summed E-state index contributed by atoms with van der Waals surface area (Å²) in [6, 6.07) is 0. The summed E-state index contributed by atoms with van der Waals surface area (Å²) in [5, 5.41) is 12.8. The van der Waals surface area contributed by atoms with Crippen molar-refractivity contribution in [1.82, 2.24) is 19.6 Å². The van der Waals surface area contributed by atoms with Crippen LogP contribution in [-0.2, 0) is 0 Å². The van der Waals surface area contributed by atoms with Gasteiger partial charge in [-0.15, -0.1) is 0 Å². The minimum atomic E-state index is -1.12. The van der Waals surface area contributed by atoms with E-state index in [4.69, 9.17) is 9.84 Å². The Kier molecular flexibility index (Phi) is 2.00. The van der Waals surface area contributed by atoms with Gasteiger partial charge in [0.25, 0.3) is 5.78 Å². The van der Waals surface area contributed by atoms with Crippen LogP contribution in [0.15, 0.2) is 6.20 Å². The summed E-state index contributed by atoms with van der Waals surface area (Å²) >= 11 is 0. The van der Waals surface area contributed by atoms with Gasteiger partial charge in [-0.3, -0.25) is 0 Å². The molecule has 0 bridgehead atoms. The average Bonchev–Trinajstić information content (AvgIpc) is 2.54. The number of hydrogen-bond acceptors (Lipinski definition) is 5. The van der Waals surface area contributed by atoms with Gasteiger partial charge in [0.1, 0.15) is 11.4 Å². The zero-order valence-electron chi connectivity index (χ0n) is 8.13. The van der Waals surface area contributed by atoms with Crippen LogP contribution >= 0.6 is 0 Å². The Morgan fingerprint density at radius 1 is 1.53 bits per heavy atom. The molecule has 78 valence electrons. The maximum Gasteiger partial charge on any atom is 0.342 e. The predicted molar refractivity (Wildman–Crippen MR) is 49.0 cm³/mol. The maximum absolute atomic E-state index is 10.8. The van der Waals surface area contributed by atoms with E-state index in [1.54, 1.807) is 6.92 Å². The van der Waals surface area contributed by atoms with E-state index in [1.807, 2.05) is 0 Å². The van der Waals surface area contributed by atoms with Crippen LogP contribution in [0, 0.1) is 6.92 Å². The highest BCUT2D eigenvalue weighted by Gasteiger charge is 2.15. The lowest BCUT2D eigenvalue weighted by atomic mass is 10.3. The molecule has 0 aliphatic carbocycles. The Hall–Kier alpha value is -2.18. The van der Waals surface area contributed by atoms with Crippen LogP contribution in [0.1, 0.15) is 16.2 Å². The fourth-order valence-corrected chi connectivity index (χ4v) is 1.21. The number of nitrogens with zero attached hydrogens (tertiary/aromatic N) is 4. The minimum absolute atomic E-state index is 0.0300. The van der Waals surface area contributed by atoms with Crippen LogP contribution in [-0.4, -0.2) is 37.8 Å². The monoisotopic (exact) mass is 208 g/mol. The zero-order chi connectivity index (χ0) is 11.0. The molecule has 0 radical (unpaired) electrons. The second-order valence-electron chi connectivity index (χ2n) is 2.87. The number of fused-ring (bicyclic) bond motifs is 1. The number of hydrogen-bond donors (Lipinski definition) is 1. The number of methoxy groups -OCH3 is 1. The van der Waals surface area contributed by atoms with Gasteiger partial charge in [0.05, 0.1) is 13.3 Å². The van der Waals surface area contributed by atoms with E-state index in [0.29, 0.717) is 11.6 Å². The molecular weight excluding hydrogens is 200 g/mol. The molecule has 0 spiro atoms. The largest absolute Gasteiger partial charge is 0.480 e. The first-order valence-electron chi connectivity index (χ1n) is 4.13. The van der Waals surface area contributed by atoms with Crippen LogP contribution in [0.5, 0.6) is 5.88 Å².